The molecule has 37 heavy (non-hydrogen) atoms. The first-order valence-electron chi connectivity index (χ1n) is 11.5. The van der Waals surface area contributed by atoms with Gasteiger partial charge in [-0.1, -0.05) is 30.3 Å². The lowest BCUT2D eigenvalue weighted by atomic mass is 9.98. The second-order valence-corrected chi connectivity index (χ2v) is 10.7. The van der Waals surface area contributed by atoms with E-state index in [-0.39, 0.29) is 22.9 Å². The summed E-state index contributed by atoms with van der Waals surface area (Å²) < 4.78 is 27.8. The fraction of sp³-hybridized carbons (Fsp3) is 0.185. The number of hydrogen-bond donors (Lipinski definition) is 4. The molecule has 0 unspecified atom stereocenters. The number of carbonyl (C=O) groups is 1. The second kappa shape index (κ2) is 10.6. The van der Waals surface area contributed by atoms with E-state index in [0.29, 0.717) is 40.0 Å². The molecule has 4 aromatic rings. The molecule has 0 fully saturated rings. The number of carboxylic acids is 1. The number of sulfonamides is 1. The quantitative estimate of drug-likeness (QED) is 0.247. The van der Waals surface area contributed by atoms with E-state index < -0.39 is 16.0 Å². The number of carboxylic acid groups (broad SMARTS) is 1. The van der Waals surface area contributed by atoms with E-state index in [9.17, 15) is 23.4 Å². The number of aromatic amines is 1. The molecule has 0 bridgehead atoms. The molecule has 0 amide bonds. The van der Waals surface area contributed by atoms with Crippen LogP contribution in [0.2, 0.25) is 0 Å². The van der Waals surface area contributed by atoms with Gasteiger partial charge >= 0.3 is 5.97 Å². The Bertz CT molecular complexity index is 1570. The molecule has 1 heterocycles. The molecule has 10 heteroatoms. The first-order valence-corrected chi connectivity index (χ1v) is 13.0. The molecular weight excluding hydrogens is 492 g/mol. The minimum Gasteiger partial charge on any atom is -0.494 e. The number of aliphatic imine (C=N–C) groups is 1. The third kappa shape index (κ3) is 5.72. The lowest BCUT2D eigenvalue weighted by Gasteiger charge is -2.11. The van der Waals surface area contributed by atoms with Crippen molar-refractivity contribution in [1.29, 1.82) is 0 Å². The van der Waals surface area contributed by atoms with Crippen molar-refractivity contribution in [2.24, 2.45) is 4.99 Å². The van der Waals surface area contributed by atoms with Gasteiger partial charge in [0.25, 0.3) is 0 Å². The van der Waals surface area contributed by atoms with E-state index in [1.165, 1.54) is 18.2 Å². The van der Waals surface area contributed by atoms with Gasteiger partial charge in [0.1, 0.15) is 0 Å². The van der Waals surface area contributed by atoms with E-state index in [0.717, 1.165) is 5.56 Å². The highest BCUT2D eigenvalue weighted by molar-refractivity contribution is 7.89. The van der Waals surface area contributed by atoms with Gasteiger partial charge < -0.3 is 20.1 Å². The number of aromatic nitrogens is 1. The molecule has 0 radical (unpaired) electrons. The minimum absolute atomic E-state index is 0.123. The lowest BCUT2D eigenvalue weighted by molar-refractivity contribution is 0.0696. The van der Waals surface area contributed by atoms with Crippen LogP contribution in [0.25, 0.3) is 10.9 Å². The highest BCUT2D eigenvalue weighted by Gasteiger charge is 2.21. The van der Waals surface area contributed by atoms with E-state index in [4.69, 9.17) is 4.99 Å². The lowest BCUT2D eigenvalue weighted by Crippen LogP contribution is -2.31. The number of likely N-dealkylation sites (N-methyl/N-ethyl adjacent to an activating group) is 1. The summed E-state index contributed by atoms with van der Waals surface area (Å²) in [7, 11) is 0.0627. The molecule has 0 spiro atoms. The predicted molar refractivity (Wildman–Crippen MR) is 144 cm³/mol. The molecule has 0 aliphatic rings. The monoisotopic (exact) mass is 520 g/mol. The standard InChI is InChI=1S/C27H28N4O5S/c1-17-15-22-23(16-21(17)27(33)34)30-26(32)24(22)25(18-7-5-4-6-8-18)29-19-9-11-20(12-10-19)37(35,36)28-13-14-31(2)3/h4-12,15-16,28,30,32H,13-14H2,1-3H3,(H,33,34). The normalized spacial score (nSPS) is 12.4. The van der Waals surface area contributed by atoms with Crippen LogP contribution in [-0.4, -0.2) is 67.4 Å². The Morgan fingerprint density at radius 3 is 2.35 bits per heavy atom. The molecule has 4 rings (SSSR count). The topological polar surface area (TPSA) is 135 Å². The maximum Gasteiger partial charge on any atom is 0.336 e. The van der Waals surface area contributed by atoms with Gasteiger partial charge in [0.2, 0.25) is 10.0 Å². The van der Waals surface area contributed by atoms with Crippen molar-refractivity contribution in [3.8, 4) is 5.88 Å². The minimum atomic E-state index is -3.67. The van der Waals surface area contributed by atoms with Crippen molar-refractivity contribution < 1.29 is 23.4 Å². The molecule has 0 saturated heterocycles. The molecule has 192 valence electrons. The fourth-order valence-electron chi connectivity index (χ4n) is 3.98. The van der Waals surface area contributed by atoms with Crippen molar-refractivity contribution in [2.75, 3.05) is 27.2 Å². The van der Waals surface area contributed by atoms with Crippen molar-refractivity contribution in [2.45, 2.75) is 11.8 Å². The Kier molecular flexibility index (Phi) is 7.44. The number of benzene rings is 3. The first-order chi connectivity index (χ1) is 17.6. The van der Waals surface area contributed by atoms with Crippen molar-refractivity contribution in [1.82, 2.24) is 14.6 Å². The van der Waals surface area contributed by atoms with Gasteiger partial charge in [0.05, 0.1) is 27.4 Å². The Balaban J connectivity index is 1.79. The largest absolute Gasteiger partial charge is 0.494 e. The number of hydrogen-bond acceptors (Lipinski definition) is 6. The van der Waals surface area contributed by atoms with Crippen LogP contribution in [0, 0.1) is 6.92 Å². The summed E-state index contributed by atoms with van der Waals surface area (Å²) in [5, 5.41) is 21.0. The summed E-state index contributed by atoms with van der Waals surface area (Å²) in [6, 6.07) is 18.6. The van der Waals surface area contributed by atoms with E-state index in [1.54, 1.807) is 25.1 Å². The average molecular weight is 521 g/mol. The van der Waals surface area contributed by atoms with Crippen LogP contribution >= 0.6 is 0 Å². The van der Waals surface area contributed by atoms with Gasteiger partial charge in [-0.2, -0.15) is 0 Å². The Morgan fingerprint density at radius 1 is 1.05 bits per heavy atom. The molecule has 0 aliphatic carbocycles. The van der Waals surface area contributed by atoms with Crippen LogP contribution < -0.4 is 4.72 Å². The average Bonchev–Trinajstić information content (AvgIpc) is 3.16. The highest BCUT2D eigenvalue weighted by atomic mass is 32.2. The molecular formula is C27H28N4O5S. The number of aromatic carboxylic acids is 1. The van der Waals surface area contributed by atoms with Crippen molar-refractivity contribution in [3.63, 3.8) is 0 Å². The second-order valence-electron chi connectivity index (χ2n) is 8.89. The summed E-state index contributed by atoms with van der Waals surface area (Å²) >= 11 is 0. The molecule has 1 aromatic heterocycles. The maximum atomic E-state index is 12.6. The van der Waals surface area contributed by atoms with Gasteiger partial charge in [0, 0.05) is 29.6 Å². The number of nitrogens with one attached hydrogen (secondary N) is 2. The third-order valence-corrected chi connectivity index (χ3v) is 7.35. The third-order valence-electron chi connectivity index (χ3n) is 5.88. The Labute approximate surface area is 215 Å². The van der Waals surface area contributed by atoms with E-state index in [2.05, 4.69) is 9.71 Å². The van der Waals surface area contributed by atoms with Crippen LogP contribution in [-0.2, 0) is 10.0 Å². The maximum absolute atomic E-state index is 12.6. The van der Waals surface area contributed by atoms with Crippen LogP contribution in [0.4, 0.5) is 5.69 Å². The SMILES string of the molecule is Cc1cc2c(C(=Nc3ccc(S(=O)(=O)NCCN(C)C)cc3)c3ccccc3)c(O)[nH]c2cc1C(=O)O. The van der Waals surface area contributed by atoms with Crippen molar-refractivity contribution in [3.05, 3.63) is 89.0 Å². The summed E-state index contributed by atoms with van der Waals surface area (Å²) in [6.45, 7) is 2.56. The number of aromatic hydroxyl groups is 1. The van der Waals surface area contributed by atoms with E-state index >= 15 is 0 Å². The van der Waals surface area contributed by atoms with Gasteiger partial charge in [0.15, 0.2) is 5.88 Å². The van der Waals surface area contributed by atoms with Crippen LogP contribution in [0.3, 0.4) is 0 Å². The zero-order chi connectivity index (χ0) is 26.7. The number of rotatable bonds is 9. The zero-order valence-electron chi connectivity index (χ0n) is 20.7. The summed E-state index contributed by atoms with van der Waals surface area (Å²) in [6.07, 6.45) is 0. The molecule has 9 nitrogen and oxygen atoms in total. The first kappa shape index (κ1) is 26.1. The fourth-order valence-corrected chi connectivity index (χ4v) is 5.00. The van der Waals surface area contributed by atoms with Crippen LogP contribution in [0.15, 0.2) is 76.6 Å². The van der Waals surface area contributed by atoms with Gasteiger partial charge in [-0.05, 0) is 63.0 Å². The number of H-pyrrole nitrogens is 1. The van der Waals surface area contributed by atoms with Crippen LogP contribution in [0.5, 0.6) is 5.88 Å². The van der Waals surface area contributed by atoms with E-state index in [1.807, 2.05) is 49.3 Å². The molecule has 4 N–H and O–H groups in total. The number of fused-ring (bicyclic) bond motifs is 1. The molecule has 3 aromatic carbocycles. The molecule has 0 saturated carbocycles. The zero-order valence-corrected chi connectivity index (χ0v) is 21.5. The van der Waals surface area contributed by atoms with Gasteiger partial charge in [-0.15, -0.1) is 0 Å². The van der Waals surface area contributed by atoms with Crippen LogP contribution in [0.1, 0.15) is 27.0 Å². The Hall–Kier alpha value is -3.99. The van der Waals surface area contributed by atoms with Gasteiger partial charge in [-0.25, -0.2) is 22.9 Å². The Morgan fingerprint density at radius 2 is 1.73 bits per heavy atom. The molecule has 0 atom stereocenters. The number of aryl methyl sites for hydroxylation is 1. The van der Waals surface area contributed by atoms with Crippen molar-refractivity contribution >= 4 is 38.3 Å². The molecule has 0 aliphatic heterocycles. The summed E-state index contributed by atoms with van der Waals surface area (Å²) in [5.74, 6) is -1.21. The summed E-state index contributed by atoms with van der Waals surface area (Å²) in [4.78, 5) is 21.2. The van der Waals surface area contributed by atoms with Gasteiger partial charge in [-0.3, -0.25) is 0 Å². The highest BCUT2D eigenvalue weighted by Crippen LogP contribution is 2.33. The predicted octanol–water partition coefficient (Wildman–Crippen LogP) is 3.89. The summed E-state index contributed by atoms with van der Waals surface area (Å²) in [5.41, 5.74) is 3.22. The number of nitrogens with zero attached hydrogens (tertiary/aromatic N) is 2. The smallest absolute Gasteiger partial charge is 0.336 e.